The zero-order valence-corrected chi connectivity index (χ0v) is 23.0. The van der Waals surface area contributed by atoms with Crippen molar-refractivity contribution in [2.24, 2.45) is 0 Å². The Kier molecular flexibility index (Phi) is 10.7. The fourth-order valence-corrected chi connectivity index (χ4v) is 5.19. The number of pyridine rings is 1. The van der Waals surface area contributed by atoms with E-state index in [1.165, 1.54) is 35.4 Å². The zero-order chi connectivity index (χ0) is 28.6. The zero-order valence-electron chi connectivity index (χ0n) is 20.6. The second-order valence-electron chi connectivity index (χ2n) is 8.55. The second kappa shape index (κ2) is 13.7. The van der Waals surface area contributed by atoms with E-state index in [1.807, 2.05) is 18.2 Å². The lowest BCUT2D eigenvalue weighted by Crippen LogP contribution is -2.41. The second-order valence-corrected chi connectivity index (χ2v) is 10.7. The molecular weight excluding hydrogens is 573 g/mol. The van der Waals surface area contributed by atoms with Crippen molar-refractivity contribution in [1.29, 1.82) is 0 Å². The van der Waals surface area contributed by atoms with Crippen LogP contribution in [0.3, 0.4) is 0 Å². The smallest absolute Gasteiger partial charge is 0.418 e. The number of carbonyl (C=O) groups excluding carboxylic acids is 2. The predicted molar refractivity (Wildman–Crippen MR) is 150 cm³/mol. The number of hydrogen-bond donors (Lipinski definition) is 3. The van der Waals surface area contributed by atoms with Gasteiger partial charge < -0.3 is 27.9 Å². The maximum absolute atomic E-state index is 12.4. The number of hydrogen-bond acceptors (Lipinski definition) is 6. The summed E-state index contributed by atoms with van der Waals surface area (Å²) in [4.78, 5) is 25.1. The van der Waals surface area contributed by atoms with Gasteiger partial charge in [-0.3, -0.25) is 14.7 Å². The normalized spacial score (nSPS) is 12.5. The van der Waals surface area contributed by atoms with Gasteiger partial charge in [-0.1, -0.05) is 23.6 Å². The van der Waals surface area contributed by atoms with Crippen LogP contribution in [0.15, 0.2) is 24.3 Å². The number of benzene rings is 1. The van der Waals surface area contributed by atoms with Crippen LogP contribution in [0.2, 0.25) is 0 Å². The minimum atomic E-state index is -6.00. The molecule has 2 heterocycles. The van der Waals surface area contributed by atoms with Crippen molar-refractivity contribution in [2.45, 2.75) is 45.1 Å². The Bertz CT molecular complexity index is 1480. The van der Waals surface area contributed by atoms with Crippen LogP contribution in [0.25, 0.3) is 10.9 Å². The predicted octanol–water partition coefficient (Wildman–Crippen LogP) is 4.71. The van der Waals surface area contributed by atoms with Crippen molar-refractivity contribution in [3.05, 3.63) is 44.5 Å². The number of H-pyrrole nitrogens is 1. The number of thiocarbonyl (C=S) groups is 1. The van der Waals surface area contributed by atoms with Crippen molar-refractivity contribution in [1.82, 2.24) is 15.5 Å². The number of nitrogens with zero attached hydrogens (tertiary/aromatic N) is 2. The number of amides is 2. The van der Waals surface area contributed by atoms with E-state index in [1.54, 1.807) is 0 Å². The molecule has 0 aliphatic heterocycles. The Labute approximate surface area is 236 Å². The summed E-state index contributed by atoms with van der Waals surface area (Å²) in [6.07, 6.45) is 10.2. The maximum Gasteiger partial charge on any atom is 0.673 e. The number of halogens is 4. The number of fused-ring (bicyclic) bond motifs is 2. The first kappa shape index (κ1) is 30.3. The lowest BCUT2D eigenvalue weighted by molar-refractivity contribution is -0.667. The highest BCUT2D eigenvalue weighted by Gasteiger charge is 2.23. The Morgan fingerprint density at radius 3 is 2.51 bits per heavy atom. The lowest BCUT2D eigenvalue weighted by Gasteiger charge is -2.16. The highest BCUT2D eigenvalue weighted by molar-refractivity contribution is 7.81. The van der Waals surface area contributed by atoms with Gasteiger partial charge in [-0.25, -0.2) is 0 Å². The molecule has 39 heavy (non-hydrogen) atoms. The quantitative estimate of drug-likeness (QED) is 0.0875. The molecule has 206 valence electrons. The first-order valence-electron chi connectivity index (χ1n) is 11.9. The number of aryl methyl sites for hydroxylation is 1. The summed E-state index contributed by atoms with van der Waals surface area (Å²) in [5.41, 5.74) is 4.40. The summed E-state index contributed by atoms with van der Waals surface area (Å²) in [5.74, 6) is 2.29. The number of nitrogens with one attached hydrogen (secondary N) is 3. The topological polar surface area (TPSA) is 90.8 Å². The van der Waals surface area contributed by atoms with Gasteiger partial charge in [0.2, 0.25) is 23.9 Å². The number of rotatable bonds is 8. The molecule has 0 saturated carbocycles. The van der Waals surface area contributed by atoms with Crippen LogP contribution in [0.1, 0.15) is 41.9 Å². The van der Waals surface area contributed by atoms with Gasteiger partial charge in [0, 0.05) is 42.0 Å². The number of anilines is 1. The fourth-order valence-electron chi connectivity index (χ4n) is 4.12. The maximum atomic E-state index is 12.4. The lowest BCUT2D eigenvalue weighted by atomic mass is 9.94. The third-order valence-electron chi connectivity index (χ3n) is 5.69. The molecule has 0 fully saturated rings. The Morgan fingerprint density at radius 1 is 1.15 bits per heavy atom. The molecule has 0 bridgehead atoms. The fraction of sp³-hybridized carbons (Fsp3) is 0.333. The average molecular weight is 597 g/mol. The molecular formula is C24H24BF4N5O2S3. The minimum Gasteiger partial charge on any atom is -0.418 e. The van der Waals surface area contributed by atoms with E-state index in [0.29, 0.717) is 26.1 Å². The van der Waals surface area contributed by atoms with Crippen LogP contribution in [0, 0.1) is 16.3 Å². The highest BCUT2D eigenvalue weighted by atomic mass is 32.1. The van der Waals surface area contributed by atoms with E-state index < -0.39 is 7.25 Å². The summed E-state index contributed by atoms with van der Waals surface area (Å²) in [6.45, 7) is 0.706. The van der Waals surface area contributed by atoms with Crippen LogP contribution < -0.4 is 15.2 Å². The average Bonchev–Trinajstić information content (AvgIpc) is 3.31. The van der Waals surface area contributed by atoms with E-state index in [2.05, 4.69) is 37.4 Å². The molecule has 1 aliphatic rings. The monoisotopic (exact) mass is 597 g/mol. The van der Waals surface area contributed by atoms with Gasteiger partial charge in [-0.15, -0.1) is 6.42 Å². The highest BCUT2D eigenvalue weighted by Crippen LogP contribution is 2.25. The molecule has 0 spiro atoms. The molecule has 7 nitrogen and oxygen atoms in total. The van der Waals surface area contributed by atoms with Crippen LogP contribution >= 0.6 is 35.8 Å². The Hall–Kier alpha value is -3.22. The molecule has 2 amide bonds. The molecule has 0 atom stereocenters. The summed E-state index contributed by atoms with van der Waals surface area (Å²) in [5, 5.41) is 13.9. The van der Waals surface area contributed by atoms with Crippen molar-refractivity contribution in [3.8, 4) is 12.3 Å². The van der Waals surface area contributed by atoms with Crippen molar-refractivity contribution >= 4 is 76.3 Å². The van der Waals surface area contributed by atoms with Gasteiger partial charge in [-0.2, -0.15) is 9.67 Å². The Morgan fingerprint density at radius 2 is 1.85 bits per heavy atom. The van der Waals surface area contributed by atoms with Gasteiger partial charge in [-0.05, 0) is 55.6 Å². The molecule has 0 radical (unpaired) electrons. The minimum absolute atomic E-state index is 0.0635. The van der Waals surface area contributed by atoms with Crippen LogP contribution in [0.5, 0.6) is 0 Å². The van der Waals surface area contributed by atoms with E-state index in [4.69, 9.17) is 30.9 Å². The van der Waals surface area contributed by atoms with Gasteiger partial charge >= 0.3 is 7.25 Å². The SMILES string of the molecule is C#CC[n+]1c2c(cc3cc(NC(=O)CCC(=O)NCC(=S)c4n[nH]c(=S)s4)ccc31)CCCC2.F[B-](F)(F)F. The van der Waals surface area contributed by atoms with Gasteiger partial charge in [0.15, 0.2) is 14.7 Å². The molecule has 3 aromatic rings. The summed E-state index contributed by atoms with van der Waals surface area (Å²) in [7, 11) is -6.00. The van der Waals surface area contributed by atoms with E-state index in [0.717, 1.165) is 23.7 Å². The standard InChI is InChI=1S/C24H23N5O2S3.BF4/c1-2-11-29-18-6-4-3-5-15(18)12-16-13-17(7-8-19(16)29)26-22(31)10-9-21(30)25-14-20(32)23-27-28-24(33)34-23;2-1(3,4)5/h1,7-8,12-13H,3-6,9-11,14H2,(H2-,25,26,28,30,31,32,33);/q;-1/p+1. The first-order valence-corrected chi connectivity index (χ1v) is 13.5. The molecule has 4 rings (SSSR count). The van der Waals surface area contributed by atoms with E-state index in [-0.39, 0.29) is 31.2 Å². The largest absolute Gasteiger partial charge is 0.673 e. The summed E-state index contributed by atoms with van der Waals surface area (Å²) < 4.78 is 41.7. The van der Waals surface area contributed by atoms with Gasteiger partial charge in [0.25, 0.3) is 0 Å². The van der Waals surface area contributed by atoms with Crippen LogP contribution in [0.4, 0.5) is 23.0 Å². The molecule has 1 aromatic carbocycles. The number of carbonyl (C=O) groups is 2. The summed E-state index contributed by atoms with van der Waals surface area (Å²) >= 11 is 11.5. The van der Waals surface area contributed by atoms with E-state index >= 15 is 0 Å². The number of terminal acetylenes is 1. The third kappa shape index (κ3) is 9.48. The third-order valence-corrected chi connectivity index (χ3v) is 7.31. The molecule has 0 saturated heterocycles. The molecule has 15 heteroatoms. The van der Waals surface area contributed by atoms with Crippen molar-refractivity contribution < 1.29 is 31.4 Å². The van der Waals surface area contributed by atoms with Crippen LogP contribution in [-0.2, 0) is 29.0 Å². The van der Waals surface area contributed by atoms with Crippen molar-refractivity contribution in [2.75, 3.05) is 11.9 Å². The number of aromatic nitrogens is 3. The Balaban J connectivity index is 0.000000771. The molecule has 1 aliphatic carbocycles. The van der Waals surface area contributed by atoms with E-state index in [9.17, 15) is 26.9 Å². The van der Waals surface area contributed by atoms with Crippen LogP contribution in [-0.4, -0.2) is 40.7 Å². The molecule has 0 unspecified atom stereocenters. The number of aromatic amines is 1. The summed E-state index contributed by atoms with van der Waals surface area (Å²) in [6, 6.07) is 8.04. The first-order chi connectivity index (χ1) is 18.4. The molecule has 3 N–H and O–H groups in total. The van der Waals surface area contributed by atoms with Gasteiger partial charge in [0.05, 0.1) is 11.4 Å². The van der Waals surface area contributed by atoms with Crippen molar-refractivity contribution in [3.63, 3.8) is 0 Å². The van der Waals surface area contributed by atoms with Gasteiger partial charge in [0.1, 0.15) is 0 Å². The molecule has 2 aromatic heterocycles.